The number of carboxylic acids is 1. The van der Waals surface area contributed by atoms with Gasteiger partial charge in [0.15, 0.2) is 6.10 Å². The highest BCUT2D eigenvalue weighted by molar-refractivity contribution is 7.14. The highest BCUT2D eigenvalue weighted by Crippen LogP contribution is 2.32. The van der Waals surface area contributed by atoms with E-state index in [1.54, 1.807) is 25.1 Å². The molecule has 1 N–H and O–H groups in total. The zero-order valence-corrected chi connectivity index (χ0v) is 11.4. The predicted octanol–water partition coefficient (Wildman–Crippen LogP) is 3.70. The van der Waals surface area contributed by atoms with E-state index in [4.69, 9.17) is 9.94 Å². The molecule has 1 unspecified atom stereocenters. The first kappa shape index (κ1) is 14.2. The van der Waals surface area contributed by atoms with Crippen LogP contribution in [-0.2, 0) is 4.84 Å². The number of carboxylic acid groups (broad SMARTS) is 1. The van der Waals surface area contributed by atoms with Gasteiger partial charge in [0.25, 0.3) is 0 Å². The lowest BCUT2D eigenvalue weighted by Crippen LogP contribution is -2.01. The number of benzene rings is 1. The molecule has 0 saturated carbocycles. The fraction of sp³-hybridized carbons (Fsp3) is 0.143. The lowest BCUT2D eigenvalue weighted by molar-refractivity contribution is 0.0702. The SMILES string of the molecule is CC=NOC(c1ccc(F)cc1)c1ccc(C(=O)O)s1. The van der Waals surface area contributed by atoms with Crippen LogP contribution in [0, 0.1) is 5.82 Å². The van der Waals surface area contributed by atoms with Gasteiger partial charge < -0.3 is 9.94 Å². The summed E-state index contributed by atoms with van der Waals surface area (Å²) in [7, 11) is 0. The number of thiophene rings is 1. The van der Waals surface area contributed by atoms with Crippen molar-refractivity contribution in [3.8, 4) is 0 Å². The summed E-state index contributed by atoms with van der Waals surface area (Å²) in [6.07, 6.45) is 0.937. The van der Waals surface area contributed by atoms with Crippen molar-refractivity contribution >= 4 is 23.5 Å². The largest absolute Gasteiger partial charge is 0.477 e. The summed E-state index contributed by atoms with van der Waals surface area (Å²) in [5.41, 5.74) is 0.704. The summed E-state index contributed by atoms with van der Waals surface area (Å²) in [5.74, 6) is -1.33. The van der Waals surface area contributed by atoms with E-state index in [1.165, 1.54) is 24.4 Å². The van der Waals surface area contributed by atoms with Crippen molar-refractivity contribution in [3.63, 3.8) is 0 Å². The molecule has 0 saturated heterocycles. The Morgan fingerprint density at radius 3 is 2.60 bits per heavy atom. The Labute approximate surface area is 119 Å². The predicted molar refractivity (Wildman–Crippen MR) is 74.8 cm³/mol. The minimum atomic E-state index is -0.988. The second kappa shape index (κ2) is 6.29. The Bertz CT molecular complexity index is 622. The van der Waals surface area contributed by atoms with Crippen molar-refractivity contribution < 1.29 is 19.1 Å². The van der Waals surface area contributed by atoms with Gasteiger partial charge in [-0.05, 0) is 31.2 Å². The molecule has 4 nitrogen and oxygen atoms in total. The molecule has 20 heavy (non-hydrogen) atoms. The van der Waals surface area contributed by atoms with Gasteiger partial charge in [-0.2, -0.15) is 0 Å². The van der Waals surface area contributed by atoms with Crippen molar-refractivity contribution in [1.82, 2.24) is 0 Å². The third-order valence-corrected chi connectivity index (χ3v) is 3.66. The van der Waals surface area contributed by atoms with E-state index < -0.39 is 12.1 Å². The molecule has 0 amide bonds. The van der Waals surface area contributed by atoms with E-state index in [9.17, 15) is 9.18 Å². The highest BCUT2D eigenvalue weighted by Gasteiger charge is 2.20. The van der Waals surface area contributed by atoms with E-state index in [2.05, 4.69) is 5.16 Å². The van der Waals surface area contributed by atoms with Crippen molar-refractivity contribution in [2.24, 2.45) is 5.16 Å². The number of halogens is 1. The van der Waals surface area contributed by atoms with E-state index in [-0.39, 0.29) is 10.7 Å². The molecule has 1 atom stereocenters. The first-order valence-corrected chi connectivity index (χ1v) is 6.65. The van der Waals surface area contributed by atoms with Gasteiger partial charge in [0.1, 0.15) is 10.7 Å². The van der Waals surface area contributed by atoms with Gasteiger partial charge in [0.05, 0.1) is 4.88 Å². The summed E-state index contributed by atoms with van der Waals surface area (Å²) < 4.78 is 13.0. The maximum atomic E-state index is 13.0. The molecule has 0 bridgehead atoms. The number of aromatic carboxylic acids is 1. The normalized spacial score (nSPS) is 12.5. The van der Waals surface area contributed by atoms with E-state index >= 15 is 0 Å². The van der Waals surface area contributed by atoms with Crippen molar-refractivity contribution in [2.75, 3.05) is 0 Å². The average Bonchev–Trinajstić information content (AvgIpc) is 2.91. The number of rotatable bonds is 5. The molecule has 0 fully saturated rings. The first-order valence-electron chi connectivity index (χ1n) is 5.84. The van der Waals surface area contributed by atoms with Crippen LogP contribution in [0.2, 0.25) is 0 Å². The molecule has 0 spiro atoms. The van der Waals surface area contributed by atoms with E-state index in [1.807, 2.05) is 0 Å². The lowest BCUT2D eigenvalue weighted by atomic mass is 10.1. The quantitative estimate of drug-likeness (QED) is 0.675. The molecule has 0 aliphatic carbocycles. The zero-order valence-electron chi connectivity index (χ0n) is 10.6. The minimum Gasteiger partial charge on any atom is -0.477 e. The monoisotopic (exact) mass is 293 g/mol. The zero-order chi connectivity index (χ0) is 14.5. The van der Waals surface area contributed by atoms with Crippen LogP contribution in [0.4, 0.5) is 4.39 Å². The number of oxime groups is 1. The summed E-state index contributed by atoms with van der Waals surface area (Å²) in [6, 6.07) is 9.02. The van der Waals surface area contributed by atoms with Crippen molar-refractivity contribution in [3.05, 3.63) is 57.5 Å². The standard InChI is InChI=1S/C14H12FNO3S/c1-2-16-19-13(9-3-5-10(15)6-4-9)11-7-8-12(20-11)14(17)18/h2-8,13H,1H3,(H,17,18). The van der Waals surface area contributed by atoms with Crippen molar-refractivity contribution in [1.29, 1.82) is 0 Å². The molecule has 1 aromatic carbocycles. The van der Waals surface area contributed by atoms with E-state index in [0.29, 0.717) is 10.4 Å². The number of hydrogen-bond donors (Lipinski definition) is 1. The van der Waals surface area contributed by atoms with Gasteiger partial charge in [0, 0.05) is 11.8 Å². The summed E-state index contributed by atoms with van der Waals surface area (Å²) in [6.45, 7) is 1.71. The van der Waals surface area contributed by atoms with Crippen LogP contribution in [0.25, 0.3) is 0 Å². The Morgan fingerprint density at radius 2 is 2.05 bits per heavy atom. The molecule has 2 aromatic rings. The second-order valence-corrected chi connectivity index (χ2v) is 5.02. The van der Waals surface area contributed by atoms with Crippen LogP contribution in [0.15, 0.2) is 41.6 Å². The molecular weight excluding hydrogens is 281 g/mol. The van der Waals surface area contributed by atoms with Gasteiger partial charge in [-0.3, -0.25) is 0 Å². The minimum absolute atomic E-state index is 0.219. The fourth-order valence-corrected chi connectivity index (χ4v) is 2.54. The topological polar surface area (TPSA) is 58.9 Å². The highest BCUT2D eigenvalue weighted by atomic mass is 32.1. The Hall–Kier alpha value is -2.21. The molecule has 0 aliphatic heterocycles. The summed E-state index contributed by atoms with van der Waals surface area (Å²) in [5, 5.41) is 12.7. The van der Waals surface area contributed by atoms with Gasteiger partial charge >= 0.3 is 5.97 Å². The molecular formula is C14H12FNO3S. The molecule has 104 valence electrons. The van der Waals surface area contributed by atoms with Crippen LogP contribution >= 0.6 is 11.3 Å². The number of hydrogen-bond acceptors (Lipinski definition) is 4. The maximum absolute atomic E-state index is 13.0. The van der Waals surface area contributed by atoms with Crippen LogP contribution < -0.4 is 0 Å². The molecule has 1 heterocycles. The molecule has 0 aliphatic rings. The van der Waals surface area contributed by atoms with Crippen molar-refractivity contribution in [2.45, 2.75) is 13.0 Å². The molecule has 0 radical (unpaired) electrons. The lowest BCUT2D eigenvalue weighted by Gasteiger charge is -2.13. The Kier molecular flexibility index (Phi) is 4.47. The summed E-state index contributed by atoms with van der Waals surface area (Å²) in [4.78, 5) is 17.2. The van der Waals surface area contributed by atoms with Gasteiger partial charge in [-0.25, -0.2) is 9.18 Å². The molecule has 6 heteroatoms. The number of carbonyl (C=O) groups is 1. The van der Waals surface area contributed by atoms with E-state index in [0.717, 1.165) is 11.3 Å². The third-order valence-electron chi connectivity index (χ3n) is 2.54. The van der Waals surface area contributed by atoms with Crippen LogP contribution in [0.5, 0.6) is 0 Å². The second-order valence-electron chi connectivity index (χ2n) is 3.91. The van der Waals surface area contributed by atoms with Gasteiger partial charge in [-0.15, -0.1) is 11.3 Å². The molecule has 1 aromatic heterocycles. The Morgan fingerprint density at radius 1 is 1.35 bits per heavy atom. The maximum Gasteiger partial charge on any atom is 0.345 e. The van der Waals surface area contributed by atoms with Crippen LogP contribution in [-0.4, -0.2) is 17.3 Å². The smallest absolute Gasteiger partial charge is 0.345 e. The third kappa shape index (κ3) is 3.21. The summed E-state index contributed by atoms with van der Waals surface area (Å²) >= 11 is 1.11. The van der Waals surface area contributed by atoms with Crippen LogP contribution in [0.3, 0.4) is 0 Å². The Balaban J connectivity index is 2.35. The molecule has 2 rings (SSSR count). The average molecular weight is 293 g/mol. The van der Waals surface area contributed by atoms with Gasteiger partial charge in [0.2, 0.25) is 0 Å². The fourth-order valence-electron chi connectivity index (χ4n) is 1.65. The number of nitrogens with zero attached hydrogens (tertiary/aromatic N) is 1. The van der Waals surface area contributed by atoms with Crippen LogP contribution in [0.1, 0.15) is 33.1 Å². The first-order chi connectivity index (χ1) is 9.61. The van der Waals surface area contributed by atoms with Gasteiger partial charge in [-0.1, -0.05) is 17.3 Å².